The predicted octanol–water partition coefficient (Wildman–Crippen LogP) is 3.29. The van der Waals surface area contributed by atoms with Crippen LogP contribution < -0.4 is 0 Å². The summed E-state index contributed by atoms with van der Waals surface area (Å²) in [4.78, 5) is -0.00957. The van der Waals surface area contributed by atoms with Crippen molar-refractivity contribution in [2.45, 2.75) is 31.1 Å². The van der Waals surface area contributed by atoms with Crippen LogP contribution in [0.25, 0.3) is 0 Å². The zero-order valence-corrected chi connectivity index (χ0v) is 12.3. The number of rotatable bonds is 6. The Kier molecular flexibility index (Phi) is 4.48. The van der Waals surface area contributed by atoms with Gasteiger partial charge in [0.15, 0.2) is 0 Å². The van der Waals surface area contributed by atoms with Crippen molar-refractivity contribution in [1.82, 2.24) is 4.31 Å². The summed E-state index contributed by atoms with van der Waals surface area (Å²) in [5.41, 5.74) is 0. The molecule has 1 aromatic carbocycles. The fourth-order valence-corrected chi connectivity index (χ4v) is 4.08. The highest BCUT2D eigenvalue weighted by atomic mass is 35.5. The molecule has 106 valence electrons. The molecule has 1 aliphatic rings. The van der Waals surface area contributed by atoms with E-state index in [-0.39, 0.29) is 9.92 Å². The molecule has 2 rings (SSSR count). The number of nitrogens with zero attached hydrogens (tertiary/aromatic N) is 1. The van der Waals surface area contributed by atoms with Gasteiger partial charge in [0.2, 0.25) is 10.0 Å². The van der Waals surface area contributed by atoms with Crippen LogP contribution in [0.2, 0.25) is 5.02 Å². The molecule has 0 radical (unpaired) electrons. The van der Waals surface area contributed by atoms with Gasteiger partial charge in [-0.1, -0.05) is 18.5 Å². The van der Waals surface area contributed by atoms with Crippen molar-refractivity contribution in [2.75, 3.05) is 13.1 Å². The fourth-order valence-electron chi connectivity index (χ4n) is 1.97. The number of sulfonamides is 1. The van der Waals surface area contributed by atoms with Gasteiger partial charge in [0, 0.05) is 13.1 Å². The van der Waals surface area contributed by atoms with Crippen LogP contribution in [0.1, 0.15) is 26.2 Å². The van der Waals surface area contributed by atoms with E-state index in [0.717, 1.165) is 31.4 Å². The van der Waals surface area contributed by atoms with Crippen molar-refractivity contribution in [3.63, 3.8) is 0 Å². The summed E-state index contributed by atoms with van der Waals surface area (Å²) >= 11 is 5.86. The molecule has 0 atom stereocenters. The topological polar surface area (TPSA) is 37.4 Å². The van der Waals surface area contributed by atoms with E-state index in [0.29, 0.717) is 19.0 Å². The molecule has 3 nitrogen and oxygen atoms in total. The largest absolute Gasteiger partial charge is 0.244 e. The number of halogens is 2. The molecule has 0 spiro atoms. The minimum atomic E-state index is -3.63. The van der Waals surface area contributed by atoms with Crippen molar-refractivity contribution < 1.29 is 12.8 Å². The Labute approximate surface area is 118 Å². The van der Waals surface area contributed by atoms with Crippen molar-refractivity contribution in [3.05, 3.63) is 29.0 Å². The third-order valence-electron chi connectivity index (χ3n) is 3.14. The fraction of sp³-hybridized carbons (Fsp3) is 0.538. The Bertz CT molecular complexity index is 558. The smallest absolute Gasteiger partial charge is 0.207 e. The van der Waals surface area contributed by atoms with Crippen LogP contribution in [0, 0.1) is 11.7 Å². The average Bonchev–Trinajstić information content (AvgIpc) is 3.11. The van der Waals surface area contributed by atoms with Gasteiger partial charge in [0.25, 0.3) is 0 Å². The Morgan fingerprint density at radius 2 is 2.11 bits per heavy atom. The zero-order chi connectivity index (χ0) is 14.0. The van der Waals surface area contributed by atoms with Crippen LogP contribution in [-0.4, -0.2) is 25.8 Å². The Hall–Kier alpha value is -0.650. The van der Waals surface area contributed by atoms with E-state index < -0.39 is 15.8 Å². The number of hydrogen-bond acceptors (Lipinski definition) is 2. The molecule has 1 aromatic rings. The summed E-state index contributed by atoms with van der Waals surface area (Å²) in [6.45, 7) is 2.93. The zero-order valence-electron chi connectivity index (χ0n) is 10.8. The van der Waals surface area contributed by atoms with Gasteiger partial charge in [-0.2, -0.15) is 4.31 Å². The monoisotopic (exact) mass is 305 g/mol. The van der Waals surface area contributed by atoms with Crippen molar-refractivity contribution in [1.29, 1.82) is 0 Å². The van der Waals surface area contributed by atoms with Crippen LogP contribution in [0.3, 0.4) is 0 Å². The molecular formula is C13H17ClFNO2S. The molecule has 0 aliphatic heterocycles. The molecule has 0 N–H and O–H groups in total. The second-order valence-electron chi connectivity index (χ2n) is 4.88. The van der Waals surface area contributed by atoms with Crippen molar-refractivity contribution in [3.8, 4) is 0 Å². The molecule has 1 fully saturated rings. The molecule has 0 bridgehead atoms. The van der Waals surface area contributed by atoms with E-state index in [4.69, 9.17) is 11.6 Å². The lowest BCUT2D eigenvalue weighted by atomic mass is 10.3. The maximum Gasteiger partial charge on any atom is 0.244 e. The third kappa shape index (κ3) is 3.46. The van der Waals surface area contributed by atoms with Gasteiger partial charge in [-0.05, 0) is 43.4 Å². The van der Waals surface area contributed by atoms with Crippen LogP contribution in [-0.2, 0) is 10.0 Å². The van der Waals surface area contributed by atoms with E-state index in [1.165, 1.54) is 10.4 Å². The minimum absolute atomic E-state index is 0.00957. The first kappa shape index (κ1) is 14.8. The molecule has 1 aliphatic carbocycles. The highest BCUT2D eigenvalue weighted by Crippen LogP contribution is 2.33. The molecular weight excluding hydrogens is 289 g/mol. The molecule has 0 unspecified atom stereocenters. The first-order valence-electron chi connectivity index (χ1n) is 6.40. The average molecular weight is 306 g/mol. The lowest BCUT2D eigenvalue weighted by molar-refractivity contribution is 0.395. The third-order valence-corrected chi connectivity index (χ3v) is 5.49. The molecule has 19 heavy (non-hydrogen) atoms. The van der Waals surface area contributed by atoms with Gasteiger partial charge in [-0.3, -0.25) is 0 Å². The number of benzene rings is 1. The summed E-state index contributed by atoms with van der Waals surface area (Å²) in [5.74, 6) is -0.0752. The summed E-state index contributed by atoms with van der Waals surface area (Å²) < 4.78 is 39.5. The molecule has 0 heterocycles. The summed E-state index contributed by atoms with van der Waals surface area (Å²) in [7, 11) is -3.63. The van der Waals surface area contributed by atoms with Gasteiger partial charge in [-0.25, -0.2) is 12.8 Å². The second kappa shape index (κ2) is 5.77. The summed E-state index contributed by atoms with van der Waals surface area (Å²) in [6.07, 6.45) is 2.89. The summed E-state index contributed by atoms with van der Waals surface area (Å²) in [5, 5.41) is -0.0584. The van der Waals surface area contributed by atoms with Crippen molar-refractivity contribution in [2.24, 2.45) is 5.92 Å². The molecule has 0 saturated heterocycles. The highest BCUT2D eigenvalue weighted by Gasteiger charge is 2.32. The van der Waals surface area contributed by atoms with Crippen LogP contribution in [0.5, 0.6) is 0 Å². The van der Waals surface area contributed by atoms with E-state index in [1.54, 1.807) is 0 Å². The van der Waals surface area contributed by atoms with Gasteiger partial charge in [0.1, 0.15) is 10.7 Å². The maximum atomic E-state index is 13.0. The SMILES string of the molecule is CCCN(CC1CC1)S(=O)(=O)c1ccc(F)cc1Cl. The van der Waals surface area contributed by atoms with Crippen molar-refractivity contribution >= 4 is 21.6 Å². The van der Waals surface area contributed by atoms with Crippen LogP contribution in [0.4, 0.5) is 4.39 Å². The van der Waals surface area contributed by atoms with E-state index >= 15 is 0 Å². The minimum Gasteiger partial charge on any atom is -0.207 e. The van der Waals surface area contributed by atoms with Crippen LogP contribution >= 0.6 is 11.6 Å². The lowest BCUT2D eigenvalue weighted by Gasteiger charge is -2.22. The van der Waals surface area contributed by atoms with Crippen LogP contribution in [0.15, 0.2) is 23.1 Å². The highest BCUT2D eigenvalue weighted by molar-refractivity contribution is 7.89. The van der Waals surface area contributed by atoms with E-state index in [1.807, 2.05) is 6.92 Å². The molecule has 0 amide bonds. The standard InChI is InChI=1S/C13H17ClFNO2S/c1-2-7-16(9-10-3-4-10)19(17,18)13-6-5-11(15)8-12(13)14/h5-6,8,10H,2-4,7,9H2,1H3. The lowest BCUT2D eigenvalue weighted by Crippen LogP contribution is -2.33. The Morgan fingerprint density at radius 1 is 1.42 bits per heavy atom. The van der Waals surface area contributed by atoms with E-state index in [9.17, 15) is 12.8 Å². The van der Waals surface area contributed by atoms with Gasteiger partial charge < -0.3 is 0 Å². The predicted molar refractivity (Wildman–Crippen MR) is 73.2 cm³/mol. The van der Waals surface area contributed by atoms with Gasteiger partial charge in [0.05, 0.1) is 5.02 Å². The molecule has 6 heteroatoms. The first-order chi connectivity index (χ1) is 8.95. The van der Waals surface area contributed by atoms with Gasteiger partial charge in [-0.15, -0.1) is 0 Å². The van der Waals surface area contributed by atoms with E-state index in [2.05, 4.69) is 0 Å². The summed E-state index contributed by atoms with van der Waals surface area (Å²) in [6, 6.07) is 3.40. The normalized spacial score (nSPS) is 16.0. The Morgan fingerprint density at radius 3 is 2.63 bits per heavy atom. The quantitative estimate of drug-likeness (QED) is 0.809. The molecule has 1 saturated carbocycles. The maximum absolute atomic E-state index is 13.0. The molecule has 0 aromatic heterocycles. The van der Waals surface area contributed by atoms with Gasteiger partial charge >= 0.3 is 0 Å². The second-order valence-corrected chi connectivity index (χ2v) is 7.19. The first-order valence-corrected chi connectivity index (χ1v) is 8.22. The Balaban J connectivity index is 2.31. The number of hydrogen-bond donors (Lipinski definition) is 0.